The number of carbonyl (C=O) groups is 1. The highest BCUT2D eigenvalue weighted by atomic mass is 32.2. The van der Waals surface area contributed by atoms with Crippen LogP contribution >= 0.6 is 11.8 Å². The van der Waals surface area contributed by atoms with Gasteiger partial charge < -0.3 is 4.90 Å². The maximum atomic E-state index is 12.5. The van der Waals surface area contributed by atoms with Gasteiger partial charge in [0.25, 0.3) is 5.91 Å². The average Bonchev–Trinajstić information content (AvgIpc) is 3.21. The number of amides is 1. The van der Waals surface area contributed by atoms with Crippen molar-refractivity contribution in [2.75, 3.05) is 13.1 Å². The van der Waals surface area contributed by atoms with Gasteiger partial charge in [0.2, 0.25) is 0 Å². The van der Waals surface area contributed by atoms with E-state index in [1.54, 1.807) is 0 Å². The molecule has 4 heteroatoms. The van der Waals surface area contributed by atoms with Gasteiger partial charge in [0.1, 0.15) is 0 Å². The molecular weight excluding hydrogens is 412 g/mol. The number of thioether (sulfide) groups is 1. The van der Waals surface area contributed by atoms with E-state index in [4.69, 9.17) is 0 Å². The number of piperidine rings is 1. The van der Waals surface area contributed by atoms with E-state index in [-0.39, 0.29) is 5.91 Å². The van der Waals surface area contributed by atoms with E-state index in [1.807, 2.05) is 24.3 Å². The Morgan fingerprint density at radius 2 is 1.47 bits per heavy atom. The molecule has 1 saturated heterocycles. The minimum Gasteiger partial charge on any atom is -0.351 e. The first kappa shape index (κ1) is 20.8. The largest absolute Gasteiger partial charge is 0.351 e. The number of hydrogen-bond acceptors (Lipinski definition) is 3. The fourth-order valence-corrected chi connectivity index (χ4v) is 5.33. The SMILES string of the molecule is O=C1N=C(N2CCC(Cc3ccccc3)CC2)SC1=Cc1ccc(-c2ccccc2)cc1. The zero-order chi connectivity index (χ0) is 21.8. The van der Waals surface area contributed by atoms with Crippen molar-refractivity contribution >= 4 is 28.9 Å². The Kier molecular flexibility index (Phi) is 6.22. The van der Waals surface area contributed by atoms with Crippen LogP contribution in [0.2, 0.25) is 0 Å². The topological polar surface area (TPSA) is 32.7 Å². The lowest BCUT2D eigenvalue weighted by Gasteiger charge is -2.32. The van der Waals surface area contributed by atoms with Crippen molar-refractivity contribution in [1.29, 1.82) is 0 Å². The lowest BCUT2D eigenvalue weighted by molar-refractivity contribution is -0.113. The van der Waals surface area contributed by atoms with Gasteiger partial charge in [-0.1, -0.05) is 84.9 Å². The third-order valence-electron chi connectivity index (χ3n) is 6.18. The number of nitrogens with zero attached hydrogens (tertiary/aromatic N) is 2. The Hall–Kier alpha value is -3.11. The van der Waals surface area contributed by atoms with Crippen LogP contribution in [0.15, 0.2) is 94.8 Å². The second kappa shape index (κ2) is 9.58. The van der Waals surface area contributed by atoms with Crippen LogP contribution in [0, 0.1) is 5.92 Å². The fourth-order valence-electron chi connectivity index (χ4n) is 4.36. The second-order valence-corrected chi connectivity index (χ2v) is 9.43. The highest BCUT2D eigenvalue weighted by molar-refractivity contribution is 8.18. The van der Waals surface area contributed by atoms with Crippen LogP contribution in [0.25, 0.3) is 17.2 Å². The minimum atomic E-state index is -0.122. The molecule has 2 aliphatic heterocycles. The molecule has 0 N–H and O–H groups in total. The van der Waals surface area contributed by atoms with Crippen molar-refractivity contribution in [3.63, 3.8) is 0 Å². The average molecular weight is 439 g/mol. The summed E-state index contributed by atoms with van der Waals surface area (Å²) in [5.74, 6) is 0.582. The lowest BCUT2D eigenvalue weighted by atomic mass is 9.90. The van der Waals surface area contributed by atoms with Crippen LogP contribution in [0.1, 0.15) is 24.0 Å². The summed E-state index contributed by atoms with van der Waals surface area (Å²) in [7, 11) is 0. The molecule has 0 aliphatic carbocycles. The molecule has 0 spiro atoms. The number of carbonyl (C=O) groups excluding carboxylic acids is 1. The third kappa shape index (κ3) is 4.86. The number of aliphatic imine (C=N–C) groups is 1. The molecule has 3 aromatic rings. The van der Waals surface area contributed by atoms with Crippen LogP contribution in [0.4, 0.5) is 0 Å². The van der Waals surface area contributed by atoms with Gasteiger partial charge in [0.05, 0.1) is 4.91 Å². The van der Waals surface area contributed by atoms with E-state index in [2.05, 4.69) is 76.6 Å². The van der Waals surface area contributed by atoms with Crippen molar-refractivity contribution in [3.05, 3.63) is 101 Å². The van der Waals surface area contributed by atoms with Crippen LogP contribution in [0.5, 0.6) is 0 Å². The Bertz CT molecular complexity index is 1130. The summed E-state index contributed by atoms with van der Waals surface area (Å²) in [6.45, 7) is 1.94. The smallest absolute Gasteiger partial charge is 0.286 e. The van der Waals surface area contributed by atoms with Gasteiger partial charge in [-0.3, -0.25) is 4.79 Å². The highest BCUT2D eigenvalue weighted by Gasteiger charge is 2.29. The molecule has 0 atom stereocenters. The van der Waals surface area contributed by atoms with Gasteiger partial charge in [0.15, 0.2) is 5.17 Å². The molecule has 5 rings (SSSR count). The molecule has 32 heavy (non-hydrogen) atoms. The molecule has 0 radical (unpaired) electrons. The molecule has 0 unspecified atom stereocenters. The molecule has 0 bridgehead atoms. The normalized spacial score (nSPS) is 18.2. The second-order valence-electron chi connectivity index (χ2n) is 8.42. The summed E-state index contributed by atoms with van der Waals surface area (Å²) in [5, 5.41) is 0.861. The standard InChI is InChI=1S/C28H26N2OS/c31-27-26(20-22-11-13-25(14-12-22)24-9-5-2-6-10-24)32-28(29-27)30-17-15-23(16-18-30)19-21-7-3-1-4-8-21/h1-14,20,23H,15-19H2. The van der Waals surface area contributed by atoms with Gasteiger partial charge in [-0.2, -0.15) is 4.99 Å². The van der Waals surface area contributed by atoms with Crippen molar-refractivity contribution < 1.29 is 4.79 Å². The van der Waals surface area contributed by atoms with Crippen molar-refractivity contribution in [2.24, 2.45) is 10.9 Å². The first-order valence-corrected chi connectivity index (χ1v) is 12.0. The van der Waals surface area contributed by atoms with E-state index in [9.17, 15) is 4.79 Å². The van der Waals surface area contributed by atoms with Gasteiger partial charge in [-0.15, -0.1) is 0 Å². The Morgan fingerprint density at radius 3 is 2.16 bits per heavy atom. The maximum absolute atomic E-state index is 12.5. The molecule has 1 fully saturated rings. The van der Waals surface area contributed by atoms with Gasteiger partial charge >= 0.3 is 0 Å². The van der Waals surface area contributed by atoms with E-state index in [1.165, 1.54) is 28.5 Å². The fraction of sp³-hybridized carbons (Fsp3) is 0.214. The summed E-state index contributed by atoms with van der Waals surface area (Å²) in [6, 6.07) is 29.4. The zero-order valence-electron chi connectivity index (χ0n) is 18.0. The van der Waals surface area contributed by atoms with E-state index in [0.29, 0.717) is 10.8 Å². The number of amidine groups is 1. The number of rotatable bonds is 4. The molecule has 2 aliphatic rings. The summed E-state index contributed by atoms with van der Waals surface area (Å²) >= 11 is 1.51. The quantitative estimate of drug-likeness (QED) is 0.450. The zero-order valence-corrected chi connectivity index (χ0v) is 18.8. The third-order valence-corrected chi connectivity index (χ3v) is 7.22. The van der Waals surface area contributed by atoms with E-state index < -0.39 is 0 Å². The lowest BCUT2D eigenvalue weighted by Crippen LogP contribution is -2.37. The predicted octanol–water partition coefficient (Wildman–Crippen LogP) is 6.28. The Morgan fingerprint density at radius 1 is 0.844 bits per heavy atom. The summed E-state index contributed by atoms with van der Waals surface area (Å²) in [5.41, 5.74) is 4.81. The number of benzene rings is 3. The molecule has 3 aromatic carbocycles. The predicted molar refractivity (Wildman–Crippen MR) is 134 cm³/mol. The van der Waals surface area contributed by atoms with E-state index in [0.717, 1.165) is 43.1 Å². The Balaban J connectivity index is 1.19. The highest BCUT2D eigenvalue weighted by Crippen LogP contribution is 2.33. The monoisotopic (exact) mass is 438 g/mol. The minimum absolute atomic E-state index is 0.122. The summed E-state index contributed by atoms with van der Waals surface area (Å²) in [4.78, 5) is 19.9. The van der Waals surface area contributed by atoms with Crippen LogP contribution in [-0.4, -0.2) is 29.1 Å². The van der Waals surface area contributed by atoms with Crippen LogP contribution in [0.3, 0.4) is 0 Å². The van der Waals surface area contributed by atoms with Gasteiger partial charge in [0, 0.05) is 13.1 Å². The maximum Gasteiger partial charge on any atom is 0.286 e. The molecule has 2 heterocycles. The molecule has 3 nitrogen and oxygen atoms in total. The summed E-state index contributed by atoms with van der Waals surface area (Å²) in [6.07, 6.45) is 5.38. The van der Waals surface area contributed by atoms with Crippen molar-refractivity contribution in [1.82, 2.24) is 4.90 Å². The number of hydrogen-bond donors (Lipinski definition) is 0. The molecule has 1 amide bonds. The number of likely N-dealkylation sites (tertiary alicyclic amines) is 1. The molecule has 160 valence electrons. The Labute approximate surface area is 193 Å². The first-order valence-electron chi connectivity index (χ1n) is 11.2. The molecule has 0 aromatic heterocycles. The van der Waals surface area contributed by atoms with Crippen LogP contribution < -0.4 is 0 Å². The first-order chi connectivity index (χ1) is 15.7. The van der Waals surface area contributed by atoms with Crippen molar-refractivity contribution in [2.45, 2.75) is 19.3 Å². The van der Waals surface area contributed by atoms with Crippen molar-refractivity contribution in [3.8, 4) is 11.1 Å². The van der Waals surface area contributed by atoms with Gasteiger partial charge in [-0.25, -0.2) is 0 Å². The molecule has 0 saturated carbocycles. The van der Waals surface area contributed by atoms with E-state index >= 15 is 0 Å². The molecular formula is C28H26N2OS. The van der Waals surface area contributed by atoms with Gasteiger partial charge in [-0.05, 0) is 65.3 Å². The van der Waals surface area contributed by atoms with Crippen LogP contribution in [-0.2, 0) is 11.2 Å². The summed E-state index contributed by atoms with van der Waals surface area (Å²) < 4.78 is 0.